The Hall–Kier alpha value is -2.34. The average molecular weight is 374 g/mol. The van der Waals surface area contributed by atoms with Crippen LogP contribution in [0.2, 0.25) is 0 Å². The Morgan fingerprint density at radius 1 is 1.00 bits per heavy atom. The van der Waals surface area contributed by atoms with E-state index < -0.39 is 10.8 Å². The number of nitrogens with one attached hydrogen (secondary N) is 2. The van der Waals surface area contributed by atoms with Crippen LogP contribution in [0.15, 0.2) is 59.6 Å². The Bertz CT molecular complexity index is 703. The van der Waals surface area contributed by atoms with E-state index in [0.717, 1.165) is 30.2 Å². The van der Waals surface area contributed by atoms with Crippen molar-refractivity contribution in [1.82, 2.24) is 10.6 Å². The van der Waals surface area contributed by atoms with Gasteiger partial charge in [0.05, 0.1) is 7.11 Å². The summed E-state index contributed by atoms with van der Waals surface area (Å²) in [5, 5.41) is 6.50. The second-order valence-corrected chi connectivity index (χ2v) is 7.37. The molecule has 2 aromatic carbocycles. The lowest BCUT2D eigenvalue weighted by Crippen LogP contribution is -2.40. The summed E-state index contributed by atoms with van der Waals surface area (Å²) in [7, 11) is 2.52. The second kappa shape index (κ2) is 11.3. The Labute approximate surface area is 158 Å². The van der Waals surface area contributed by atoms with Crippen LogP contribution in [0, 0.1) is 0 Å². The molecule has 0 spiro atoms. The van der Waals surface area contributed by atoms with Crippen LogP contribution in [0.1, 0.15) is 11.1 Å². The Kier molecular flexibility index (Phi) is 8.69. The van der Waals surface area contributed by atoms with Crippen LogP contribution in [0.4, 0.5) is 0 Å². The molecule has 0 bridgehead atoms. The van der Waals surface area contributed by atoms with Gasteiger partial charge in [0, 0.05) is 42.4 Å². The summed E-state index contributed by atoms with van der Waals surface area (Å²) < 4.78 is 17.3. The van der Waals surface area contributed by atoms with E-state index in [4.69, 9.17) is 4.74 Å². The normalized spacial score (nSPS) is 12.5. The minimum absolute atomic E-state index is 0.589. The molecule has 0 radical (unpaired) electrons. The largest absolute Gasteiger partial charge is 0.497 e. The molecule has 1 unspecified atom stereocenters. The van der Waals surface area contributed by atoms with Gasteiger partial charge in [0.1, 0.15) is 5.75 Å². The first-order valence-corrected chi connectivity index (χ1v) is 10.2. The van der Waals surface area contributed by atoms with Crippen molar-refractivity contribution in [3.8, 4) is 5.75 Å². The lowest BCUT2D eigenvalue weighted by atomic mass is 10.1. The van der Waals surface area contributed by atoms with Gasteiger partial charge in [-0.25, -0.2) is 0 Å². The monoisotopic (exact) mass is 373 g/mol. The summed E-state index contributed by atoms with van der Waals surface area (Å²) in [5.74, 6) is 2.78. The fourth-order valence-corrected chi connectivity index (χ4v) is 3.49. The summed E-state index contributed by atoms with van der Waals surface area (Å²) in [6.07, 6.45) is 0.893. The SMILES string of the molecule is CN=C(NCCc1ccc(OC)cc1)NCCS(=O)Cc1ccccc1. The molecule has 0 saturated heterocycles. The van der Waals surface area contributed by atoms with Crippen molar-refractivity contribution < 1.29 is 8.95 Å². The molecule has 6 heteroatoms. The van der Waals surface area contributed by atoms with Crippen molar-refractivity contribution in [2.75, 3.05) is 33.0 Å². The molecule has 2 N–H and O–H groups in total. The molecule has 0 saturated carbocycles. The highest BCUT2D eigenvalue weighted by atomic mass is 32.2. The molecule has 0 fully saturated rings. The minimum Gasteiger partial charge on any atom is -0.497 e. The van der Waals surface area contributed by atoms with Crippen molar-refractivity contribution in [3.63, 3.8) is 0 Å². The van der Waals surface area contributed by atoms with Crippen LogP contribution in [-0.2, 0) is 23.0 Å². The van der Waals surface area contributed by atoms with Crippen molar-refractivity contribution in [2.24, 2.45) is 4.99 Å². The molecule has 0 aliphatic carbocycles. The van der Waals surface area contributed by atoms with Gasteiger partial charge in [-0.1, -0.05) is 42.5 Å². The molecule has 0 aliphatic heterocycles. The molecule has 5 nitrogen and oxygen atoms in total. The van der Waals surface area contributed by atoms with Crippen molar-refractivity contribution in [1.29, 1.82) is 0 Å². The average Bonchev–Trinajstić information content (AvgIpc) is 2.68. The van der Waals surface area contributed by atoms with Crippen molar-refractivity contribution in [2.45, 2.75) is 12.2 Å². The number of guanidine groups is 1. The van der Waals surface area contributed by atoms with Gasteiger partial charge in [-0.05, 0) is 29.7 Å². The second-order valence-electron chi connectivity index (χ2n) is 5.80. The molecule has 0 heterocycles. The number of ether oxygens (including phenoxy) is 1. The molecular formula is C20H27N3O2S. The summed E-state index contributed by atoms with van der Waals surface area (Å²) in [6.45, 7) is 1.40. The third-order valence-electron chi connectivity index (χ3n) is 3.88. The van der Waals surface area contributed by atoms with Crippen LogP contribution in [0.25, 0.3) is 0 Å². The van der Waals surface area contributed by atoms with E-state index in [1.165, 1.54) is 5.56 Å². The van der Waals surface area contributed by atoms with Gasteiger partial charge in [-0.2, -0.15) is 0 Å². The van der Waals surface area contributed by atoms with E-state index in [2.05, 4.69) is 27.8 Å². The highest BCUT2D eigenvalue weighted by molar-refractivity contribution is 7.84. The van der Waals surface area contributed by atoms with Gasteiger partial charge in [-0.15, -0.1) is 0 Å². The molecule has 1 atom stereocenters. The molecule has 0 aliphatic rings. The number of aliphatic imine (C=N–C) groups is 1. The zero-order chi connectivity index (χ0) is 18.6. The van der Waals surface area contributed by atoms with Gasteiger partial charge in [0.15, 0.2) is 5.96 Å². The smallest absolute Gasteiger partial charge is 0.191 e. The standard InChI is InChI=1S/C20H27N3O2S/c1-21-20(22-13-12-17-8-10-19(25-2)11-9-17)23-14-15-26(24)16-18-6-4-3-5-7-18/h3-11H,12-16H2,1-2H3,(H2,21,22,23). The van der Waals surface area contributed by atoms with Gasteiger partial charge in [0.2, 0.25) is 0 Å². The molecule has 2 aromatic rings. The molecule has 0 aromatic heterocycles. The fourth-order valence-electron chi connectivity index (χ4n) is 2.45. The van der Waals surface area contributed by atoms with Crippen LogP contribution in [-0.4, -0.2) is 43.2 Å². The predicted octanol–water partition coefficient (Wildman–Crippen LogP) is 2.35. The zero-order valence-corrected chi connectivity index (χ0v) is 16.2. The van der Waals surface area contributed by atoms with Crippen LogP contribution < -0.4 is 15.4 Å². The molecule has 2 rings (SSSR count). The molecule has 26 heavy (non-hydrogen) atoms. The summed E-state index contributed by atoms with van der Waals surface area (Å²) >= 11 is 0. The topological polar surface area (TPSA) is 62.7 Å². The Morgan fingerprint density at radius 2 is 1.69 bits per heavy atom. The third kappa shape index (κ3) is 7.27. The van der Waals surface area contributed by atoms with E-state index >= 15 is 0 Å². The summed E-state index contributed by atoms with van der Waals surface area (Å²) in [4.78, 5) is 4.20. The van der Waals surface area contributed by atoms with E-state index in [-0.39, 0.29) is 0 Å². The first-order valence-electron chi connectivity index (χ1n) is 8.67. The summed E-state index contributed by atoms with van der Waals surface area (Å²) in [5.41, 5.74) is 2.34. The van der Waals surface area contributed by atoms with Crippen LogP contribution in [0.5, 0.6) is 5.75 Å². The number of nitrogens with zero attached hydrogens (tertiary/aromatic N) is 1. The lowest BCUT2D eigenvalue weighted by Gasteiger charge is -2.12. The van der Waals surface area contributed by atoms with Crippen molar-refractivity contribution in [3.05, 3.63) is 65.7 Å². The van der Waals surface area contributed by atoms with E-state index in [1.807, 2.05) is 42.5 Å². The number of hydrogen-bond donors (Lipinski definition) is 2. The van der Waals surface area contributed by atoms with Crippen molar-refractivity contribution >= 4 is 16.8 Å². The van der Waals surface area contributed by atoms with Crippen LogP contribution >= 0.6 is 0 Å². The zero-order valence-electron chi connectivity index (χ0n) is 15.4. The first-order chi connectivity index (χ1) is 12.7. The lowest BCUT2D eigenvalue weighted by molar-refractivity contribution is 0.414. The van der Waals surface area contributed by atoms with Gasteiger partial charge in [0.25, 0.3) is 0 Å². The number of hydrogen-bond acceptors (Lipinski definition) is 3. The Morgan fingerprint density at radius 3 is 2.35 bits per heavy atom. The quantitative estimate of drug-likeness (QED) is 0.523. The Balaban J connectivity index is 1.64. The van der Waals surface area contributed by atoms with Gasteiger partial charge >= 0.3 is 0 Å². The maximum absolute atomic E-state index is 12.1. The molecular weight excluding hydrogens is 346 g/mol. The summed E-state index contributed by atoms with van der Waals surface area (Å²) in [6, 6.07) is 18.0. The molecule has 0 amide bonds. The van der Waals surface area contributed by atoms with Gasteiger partial charge < -0.3 is 15.4 Å². The predicted molar refractivity (Wildman–Crippen MR) is 109 cm³/mol. The maximum Gasteiger partial charge on any atom is 0.191 e. The number of methoxy groups -OCH3 is 1. The van der Waals surface area contributed by atoms with E-state index in [0.29, 0.717) is 18.1 Å². The van der Waals surface area contributed by atoms with Crippen LogP contribution in [0.3, 0.4) is 0 Å². The number of benzene rings is 2. The third-order valence-corrected chi connectivity index (χ3v) is 5.20. The maximum atomic E-state index is 12.1. The van der Waals surface area contributed by atoms with Gasteiger partial charge in [-0.3, -0.25) is 9.20 Å². The minimum atomic E-state index is -0.885. The number of rotatable bonds is 9. The first kappa shape index (κ1) is 20.0. The van der Waals surface area contributed by atoms with E-state index in [1.54, 1.807) is 14.2 Å². The highest BCUT2D eigenvalue weighted by Gasteiger charge is 2.03. The fraction of sp³-hybridized carbons (Fsp3) is 0.350. The van der Waals surface area contributed by atoms with E-state index in [9.17, 15) is 4.21 Å². The molecule has 140 valence electrons. The highest BCUT2D eigenvalue weighted by Crippen LogP contribution is 2.11.